The Morgan fingerprint density at radius 1 is 1.28 bits per heavy atom. The third kappa shape index (κ3) is 4.04. The average Bonchev–Trinajstić information content (AvgIpc) is 2.74. The summed E-state index contributed by atoms with van der Waals surface area (Å²) in [6.45, 7) is 11.9. The Balaban J connectivity index is 2.06. The Bertz CT molecular complexity index is 727. The molecule has 0 spiro atoms. The van der Waals surface area contributed by atoms with Gasteiger partial charge in [-0.2, -0.15) is 0 Å². The fraction of sp³-hybridized carbons (Fsp3) is 0.455. The summed E-state index contributed by atoms with van der Waals surface area (Å²) in [6.07, 6.45) is 5.55. The zero-order valence-electron chi connectivity index (χ0n) is 15.8. The molecule has 3 heteroatoms. The summed E-state index contributed by atoms with van der Waals surface area (Å²) in [7, 11) is 0. The van der Waals surface area contributed by atoms with Crippen LogP contribution in [0.4, 0.5) is 4.39 Å². The van der Waals surface area contributed by atoms with Crippen LogP contribution in [0.2, 0.25) is 0 Å². The highest BCUT2D eigenvalue weighted by atomic mass is 19.1. The van der Waals surface area contributed by atoms with Gasteiger partial charge in [0, 0.05) is 37.8 Å². The molecule has 1 fully saturated rings. The largest absolute Gasteiger partial charge is 0.372 e. The van der Waals surface area contributed by atoms with Crippen LogP contribution in [0.25, 0.3) is 5.57 Å². The summed E-state index contributed by atoms with van der Waals surface area (Å²) < 4.78 is 13.8. The third-order valence-electron chi connectivity index (χ3n) is 5.23. The Hall–Kier alpha value is -1.87. The molecule has 0 radical (unpaired) electrons. The van der Waals surface area contributed by atoms with E-state index in [-0.39, 0.29) is 5.82 Å². The quantitative estimate of drug-likeness (QED) is 0.853. The lowest BCUT2D eigenvalue weighted by atomic mass is 9.94. The third-order valence-corrected chi connectivity index (χ3v) is 5.23. The molecule has 1 unspecified atom stereocenters. The number of benzene rings is 1. The van der Waals surface area contributed by atoms with E-state index in [4.69, 9.17) is 0 Å². The average molecular weight is 340 g/mol. The zero-order chi connectivity index (χ0) is 18.0. The van der Waals surface area contributed by atoms with Gasteiger partial charge in [-0.25, -0.2) is 4.39 Å². The van der Waals surface area contributed by atoms with Crippen LogP contribution in [-0.2, 0) is 0 Å². The summed E-state index contributed by atoms with van der Waals surface area (Å²) in [5.74, 6) is 0.278. The summed E-state index contributed by atoms with van der Waals surface area (Å²) in [5.41, 5.74) is 6.09. The van der Waals surface area contributed by atoms with Crippen LogP contribution in [0.1, 0.15) is 39.7 Å². The second-order valence-corrected chi connectivity index (χ2v) is 7.50. The molecule has 1 aromatic carbocycles. The van der Waals surface area contributed by atoms with Gasteiger partial charge in [-0.15, -0.1) is 0 Å². The van der Waals surface area contributed by atoms with Crippen molar-refractivity contribution in [1.82, 2.24) is 10.2 Å². The molecule has 1 saturated heterocycles. The number of rotatable bonds is 3. The van der Waals surface area contributed by atoms with Gasteiger partial charge in [0.2, 0.25) is 0 Å². The van der Waals surface area contributed by atoms with E-state index in [1.54, 1.807) is 12.1 Å². The van der Waals surface area contributed by atoms with E-state index < -0.39 is 0 Å². The fourth-order valence-corrected chi connectivity index (χ4v) is 3.76. The van der Waals surface area contributed by atoms with Crippen molar-refractivity contribution >= 4 is 5.57 Å². The van der Waals surface area contributed by atoms with Crippen molar-refractivity contribution in [3.63, 3.8) is 0 Å². The van der Waals surface area contributed by atoms with E-state index in [1.165, 1.54) is 22.9 Å². The maximum absolute atomic E-state index is 13.8. The first-order valence-electron chi connectivity index (χ1n) is 9.32. The Kier molecular flexibility index (Phi) is 5.43. The summed E-state index contributed by atoms with van der Waals surface area (Å²) >= 11 is 0. The van der Waals surface area contributed by atoms with E-state index in [0.29, 0.717) is 12.0 Å². The Morgan fingerprint density at radius 2 is 2.08 bits per heavy atom. The zero-order valence-corrected chi connectivity index (χ0v) is 15.8. The molecule has 2 nitrogen and oxygen atoms in total. The number of nitrogens with zero attached hydrogens (tertiary/aromatic N) is 1. The van der Waals surface area contributed by atoms with Crippen molar-refractivity contribution in [2.24, 2.45) is 5.92 Å². The molecule has 1 aliphatic carbocycles. The van der Waals surface area contributed by atoms with Crippen molar-refractivity contribution in [2.75, 3.05) is 19.6 Å². The molecule has 0 saturated carbocycles. The van der Waals surface area contributed by atoms with Crippen LogP contribution in [0, 0.1) is 11.7 Å². The minimum absolute atomic E-state index is 0.178. The number of piperazine rings is 1. The van der Waals surface area contributed by atoms with Crippen molar-refractivity contribution < 1.29 is 4.39 Å². The van der Waals surface area contributed by atoms with Crippen LogP contribution in [0.3, 0.4) is 0 Å². The Labute approximate surface area is 151 Å². The molecule has 1 atom stereocenters. The maximum Gasteiger partial charge on any atom is 0.123 e. The number of nitrogens with one attached hydrogen (secondary N) is 1. The predicted octanol–water partition coefficient (Wildman–Crippen LogP) is 4.76. The predicted molar refractivity (Wildman–Crippen MR) is 104 cm³/mol. The van der Waals surface area contributed by atoms with Crippen LogP contribution >= 0.6 is 0 Å². The molecule has 1 N–H and O–H groups in total. The number of halogens is 1. The van der Waals surface area contributed by atoms with Gasteiger partial charge in [0.15, 0.2) is 0 Å². The molecule has 0 amide bonds. The van der Waals surface area contributed by atoms with Crippen molar-refractivity contribution in [2.45, 2.75) is 40.2 Å². The topological polar surface area (TPSA) is 15.3 Å². The van der Waals surface area contributed by atoms with Crippen LogP contribution in [-0.4, -0.2) is 30.6 Å². The SMILES string of the molecule is CC1=C(N2CCNC(C)C2)CC=C(C(C)C)C=C1c1cccc(F)c1. The number of hydrogen-bond donors (Lipinski definition) is 1. The number of allylic oxidation sites excluding steroid dienone is 5. The molecule has 0 bridgehead atoms. The first-order valence-corrected chi connectivity index (χ1v) is 9.32. The minimum Gasteiger partial charge on any atom is -0.372 e. The van der Waals surface area contributed by atoms with E-state index in [0.717, 1.165) is 37.2 Å². The van der Waals surface area contributed by atoms with Gasteiger partial charge in [-0.3, -0.25) is 0 Å². The molecule has 1 aromatic rings. The molecule has 3 rings (SSSR count). The first-order chi connectivity index (χ1) is 12.0. The van der Waals surface area contributed by atoms with Gasteiger partial charge >= 0.3 is 0 Å². The van der Waals surface area contributed by atoms with E-state index >= 15 is 0 Å². The van der Waals surface area contributed by atoms with E-state index in [1.807, 2.05) is 6.07 Å². The second-order valence-electron chi connectivity index (χ2n) is 7.50. The standard InChI is InChI=1S/C22H29FN2/c1-15(2)18-8-9-22(25-11-10-24-16(3)14-25)17(4)21(13-18)19-6-5-7-20(23)12-19/h5-8,12-13,15-16,24H,9-11,14H2,1-4H3. The smallest absolute Gasteiger partial charge is 0.123 e. The van der Waals surface area contributed by atoms with Gasteiger partial charge in [0.1, 0.15) is 5.82 Å². The van der Waals surface area contributed by atoms with Crippen molar-refractivity contribution in [3.8, 4) is 0 Å². The fourth-order valence-electron chi connectivity index (χ4n) is 3.76. The molecule has 25 heavy (non-hydrogen) atoms. The highest BCUT2D eigenvalue weighted by Gasteiger charge is 2.22. The lowest BCUT2D eigenvalue weighted by Crippen LogP contribution is -2.48. The lowest BCUT2D eigenvalue weighted by molar-refractivity contribution is 0.251. The lowest BCUT2D eigenvalue weighted by Gasteiger charge is -2.36. The van der Waals surface area contributed by atoms with Gasteiger partial charge in [0.05, 0.1) is 0 Å². The molecular formula is C22H29FN2. The molecule has 1 aliphatic heterocycles. The monoisotopic (exact) mass is 340 g/mol. The van der Waals surface area contributed by atoms with Crippen LogP contribution in [0.5, 0.6) is 0 Å². The van der Waals surface area contributed by atoms with Crippen LogP contribution in [0.15, 0.2) is 53.3 Å². The molecular weight excluding hydrogens is 311 g/mol. The summed E-state index contributed by atoms with van der Waals surface area (Å²) in [6, 6.07) is 7.47. The van der Waals surface area contributed by atoms with Gasteiger partial charge in [-0.1, -0.05) is 38.1 Å². The van der Waals surface area contributed by atoms with Crippen LogP contribution < -0.4 is 5.32 Å². The highest BCUT2D eigenvalue weighted by Crippen LogP contribution is 2.34. The van der Waals surface area contributed by atoms with E-state index in [9.17, 15) is 4.39 Å². The first kappa shape index (κ1) is 17.9. The van der Waals surface area contributed by atoms with Crippen molar-refractivity contribution in [1.29, 1.82) is 0 Å². The molecule has 2 aliphatic rings. The molecule has 1 heterocycles. The Morgan fingerprint density at radius 3 is 2.76 bits per heavy atom. The highest BCUT2D eigenvalue weighted by molar-refractivity contribution is 5.81. The normalized spacial score (nSPS) is 22.0. The number of hydrogen-bond acceptors (Lipinski definition) is 2. The van der Waals surface area contributed by atoms with E-state index in [2.05, 4.69) is 50.1 Å². The maximum atomic E-state index is 13.8. The minimum atomic E-state index is -0.178. The second kappa shape index (κ2) is 7.57. The van der Waals surface area contributed by atoms with Gasteiger partial charge in [0.25, 0.3) is 0 Å². The van der Waals surface area contributed by atoms with Crippen molar-refractivity contribution in [3.05, 3.63) is 64.6 Å². The molecule has 134 valence electrons. The van der Waals surface area contributed by atoms with Gasteiger partial charge < -0.3 is 10.2 Å². The summed E-state index contributed by atoms with van der Waals surface area (Å²) in [4.78, 5) is 2.50. The summed E-state index contributed by atoms with van der Waals surface area (Å²) in [5, 5.41) is 3.51. The van der Waals surface area contributed by atoms with Gasteiger partial charge in [-0.05, 0) is 54.2 Å². The molecule has 0 aromatic heterocycles.